The molecule has 108 valence electrons. The number of carbonyl (C=O) groups is 2. The molecule has 1 amide bonds. The predicted molar refractivity (Wildman–Crippen MR) is 69.8 cm³/mol. The molecule has 0 radical (unpaired) electrons. The highest BCUT2D eigenvalue weighted by Crippen LogP contribution is 2.41. The minimum atomic E-state index is -0.808. The van der Waals surface area contributed by atoms with E-state index >= 15 is 0 Å². The Hall–Kier alpha value is -1.10. The molecule has 0 spiro atoms. The molecule has 2 rings (SSSR count). The monoisotopic (exact) mass is 269 g/mol. The highest BCUT2D eigenvalue weighted by Gasteiger charge is 2.44. The minimum Gasteiger partial charge on any atom is -0.481 e. The van der Waals surface area contributed by atoms with E-state index in [1.807, 2.05) is 0 Å². The van der Waals surface area contributed by atoms with Crippen LogP contribution in [-0.4, -0.2) is 48.2 Å². The zero-order valence-electron chi connectivity index (χ0n) is 11.6. The molecule has 0 bridgehead atoms. The second kappa shape index (κ2) is 5.90. The largest absolute Gasteiger partial charge is 0.481 e. The van der Waals surface area contributed by atoms with Crippen LogP contribution in [0.25, 0.3) is 0 Å². The van der Waals surface area contributed by atoms with E-state index in [-0.39, 0.29) is 18.4 Å². The van der Waals surface area contributed by atoms with Crippen LogP contribution in [0, 0.1) is 5.41 Å². The second-order valence-electron chi connectivity index (χ2n) is 5.81. The fourth-order valence-corrected chi connectivity index (χ4v) is 3.28. The van der Waals surface area contributed by atoms with Crippen molar-refractivity contribution >= 4 is 11.9 Å². The Bertz CT molecular complexity index is 349. The molecule has 1 heterocycles. The van der Waals surface area contributed by atoms with E-state index in [2.05, 4.69) is 0 Å². The van der Waals surface area contributed by atoms with Gasteiger partial charge in [-0.15, -0.1) is 0 Å². The highest BCUT2D eigenvalue weighted by atomic mass is 16.5. The van der Waals surface area contributed by atoms with Crippen molar-refractivity contribution in [3.63, 3.8) is 0 Å². The molecule has 19 heavy (non-hydrogen) atoms. The molecule has 0 aromatic heterocycles. The van der Waals surface area contributed by atoms with E-state index in [4.69, 9.17) is 4.74 Å². The molecule has 0 aromatic rings. The number of amides is 1. The molecule has 1 aliphatic carbocycles. The van der Waals surface area contributed by atoms with Crippen LogP contribution in [0.4, 0.5) is 0 Å². The average molecular weight is 269 g/mol. The Morgan fingerprint density at radius 2 is 2.00 bits per heavy atom. The van der Waals surface area contributed by atoms with Crippen LogP contribution in [0.2, 0.25) is 0 Å². The number of hydrogen-bond donors (Lipinski definition) is 1. The molecular weight excluding hydrogens is 246 g/mol. The quantitative estimate of drug-likeness (QED) is 0.843. The van der Waals surface area contributed by atoms with Gasteiger partial charge in [-0.3, -0.25) is 9.59 Å². The number of hydrogen-bond acceptors (Lipinski definition) is 3. The Morgan fingerprint density at radius 3 is 2.58 bits per heavy atom. The Labute approximate surface area is 113 Å². The van der Waals surface area contributed by atoms with Gasteiger partial charge in [0.05, 0.1) is 11.5 Å². The molecule has 5 nitrogen and oxygen atoms in total. The van der Waals surface area contributed by atoms with Crippen molar-refractivity contribution in [2.75, 3.05) is 20.2 Å². The Balaban J connectivity index is 1.97. The molecule has 0 aromatic carbocycles. The third kappa shape index (κ3) is 3.08. The summed E-state index contributed by atoms with van der Waals surface area (Å²) in [5, 5.41) is 9.41. The number of aliphatic carboxylic acids is 1. The summed E-state index contributed by atoms with van der Waals surface area (Å²) in [6, 6.07) is 0. The average Bonchev–Trinajstić information content (AvgIpc) is 2.88. The SMILES string of the molecule is COC1CCCN(C(=O)CC2(C(=O)O)CCCC2)C1. The van der Waals surface area contributed by atoms with E-state index < -0.39 is 11.4 Å². The van der Waals surface area contributed by atoms with Crippen molar-refractivity contribution in [3.8, 4) is 0 Å². The molecule has 1 saturated heterocycles. The lowest BCUT2D eigenvalue weighted by Gasteiger charge is -2.34. The number of methoxy groups -OCH3 is 1. The smallest absolute Gasteiger partial charge is 0.310 e. The van der Waals surface area contributed by atoms with Crippen molar-refractivity contribution in [1.82, 2.24) is 4.90 Å². The van der Waals surface area contributed by atoms with Gasteiger partial charge >= 0.3 is 5.97 Å². The summed E-state index contributed by atoms with van der Waals surface area (Å²) in [5.74, 6) is -0.829. The number of likely N-dealkylation sites (tertiary alicyclic amines) is 1. The lowest BCUT2D eigenvalue weighted by atomic mass is 9.82. The molecule has 1 N–H and O–H groups in total. The van der Waals surface area contributed by atoms with Crippen molar-refractivity contribution in [2.24, 2.45) is 5.41 Å². The number of ether oxygens (including phenoxy) is 1. The summed E-state index contributed by atoms with van der Waals surface area (Å²) < 4.78 is 5.30. The summed E-state index contributed by atoms with van der Waals surface area (Å²) in [7, 11) is 1.66. The first-order valence-corrected chi connectivity index (χ1v) is 7.11. The van der Waals surface area contributed by atoms with E-state index in [1.165, 1.54) is 0 Å². The van der Waals surface area contributed by atoms with Crippen molar-refractivity contribution in [1.29, 1.82) is 0 Å². The molecule has 2 aliphatic rings. The number of nitrogens with zero attached hydrogens (tertiary/aromatic N) is 1. The molecular formula is C14H23NO4. The summed E-state index contributed by atoms with van der Waals surface area (Å²) in [6.07, 6.45) is 5.27. The van der Waals surface area contributed by atoms with Gasteiger partial charge in [-0.1, -0.05) is 12.8 Å². The zero-order valence-corrected chi connectivity index (χ0v) is 11.6. The van der Waals surface area contributed by atoms with Crippen molar-refractivity contribution < 1.29 is 19.4 Å². The number of carboxylic acids is 1. The van der Waals surface area contributed by atoms with Crippen LogP contribution in [0.5, 0.6) is 0 Å². The number of carbonyl (C=O) groups excluding carboxylic acids is 1. The molecule has 1 unspecified atom stereocenters. The highest BCUT2D eigenvalue weighted by molar-refractivity contribution is 5.85. The van der Waals surface area contributed by atoms with Crippen LogP contribution >= 0.6 is 0 Å². The second-order valence-corrected chi connectivity index (χ2v) is 5.81. The maximum atomic E-state index is 12.3. The summed E-state index contributed by atoms with van der Waals surface area (Å²) in [6.45, 7) is 1.33. The Morgan fingerprint density at radius 1 is 1.32 bits per heavy atom. The van der Waals surface area contributed by atoms with E-state index in [1.54, 1.807) is 12.0 Å². The molecule has 1 saturated carbocycles. The van der Waals surface area contributed by atoms with Crippen LogP contribution in [-0.2, 0) is 14.3 Å². The fraction of sp³-hybridized carbons (Fsp3) is 0.857. The van der Waals surface area contributed by atoms with Crippen LogP contribution in [0.3, 0.4) is 0 Å². The lowest BCUT2D eigenvalue weighted by molar-refractivity contribution is -0.154. The molecule has 5 heteroatoms. The van der Waals surface area contributed by atoms with Gasteiger partial charge in [0.1, 0.15) is 0 Å². The fourth-order valence-electron chi connectivity index (χ4n) is 3.28. The number of carboxylic acid groups (broad SMARTS) is 1. The molecule has 2 fully saturated rings. The van der Waals surface area contributed by atoms with Crippen LogP contribution in [0.15, 0.2) is 0 Å². The van der Waals surface area contributed by atoms with Crippen LogP contribution in [0.1, 0.15) is 44.9 Å². The van der Waals surface area contributed by atoms with E-state index in [0.717, 1.165) is 32.2 Å². The first-order valence-electron chi connectivity index (χ1n) is 7.11. The standard InChI is InChI=1S/C14H23NO4/c1-19-11-5-4-8-15(10-11)12(16)9-14(13(17)18)6-2-3-7-14/h11H,2-10H2,1H3,(H,17,18). The van der Waals surface area contributed by atoms with Gasteiger partial charge < -0.3 is 14.7 Å². The number of rotatable bonds is 4. The zero-order chi connectivity index (χ0) is 13.9. The third-order valence-electron chi connectivity index (χ3n) is 4.57. The van der Waals surface area contributed by atoms with Crippen LogP contribution < -0.4 is 0 Å². The van der Waals surface area contributed by atoms with Gasteiger partial charge in [0, 0.05) is 26.6 Å². The predicted octanol–water partition coefficient (Wildman–Crippen LogP) is 1.66. The topological polar surface area (TPSA) is 66.8 Å². The Kier molecular flexibility index (Phi) is 4.45. The normalized spacial score (nSPS) is 26.4. The molecule has 1 atom stereocenters. The van der Waals surface area contributed by atoms with Gasteiger partial charge in [0.15, 0.2) is 0 Å². The third-order valence-corrected chi connectivity index (χ3v) is 4.57. The lowest BCUT2D eigenvalue weighted by Crippen LogP contribution is -2.45. The first kappa shape index (κ1) is 14.3. The number of piperidine rings is 1. The maximum absolute atomic E-state index is 12.3. The summed E-state index contributed by atoms with van der Waals surface area (Å²) in [5.41, 5.74) is -0.808. The van der Waals surface area contributed by atoms with E-state index in [0.29, 0.717) is 19.4 Å². The minimum absolute atomic E-state index is 0.0222. The van der Waals surface area contributed by atoms with Gasteiger partial charge in [-0.25, -0.2) is 0 Å². The first-order chi connectivity index (χ1) is 9.07. The van der Waals surface area contributed by atoms with Gasteiger partial charge in [0.25, 0.3) is 0 Å². The maximum Gasteiger partial charge on any atom is 0.310 e. The molecule has 1 aliphatic heterocycles. The summed E-state index contributed by atoms with van der Waals surface area (Å²) in [4.78, 5) is 25.6. The van der Waals surface area contributed by atoms with E-state index in [9.17, 15) is 14.7 Å². The van der Waals surface area contributed by atoms with Crippen molar-refractivity contribution in [3.05, 3.63) is 0 Å². The van der Waals surface area contributed by atoms with Gasteiger partial charge in [0.2, 0.25) is 5.91 Å². The van der Waals surface area contributed by atoms with Gasteiger partial charge in [-0.2, -0.15) is 0 Å². The van der Waals surface area contributed by atoms with Gasteiger partial charge in [-0.05, 0) is 25.7 Å². The van der Waals surface area contributed by atoms with Crippen molar-refractivity contribution in [2.45, 2.75) is 51.0 Å². The summed E-state index contributed by atoms with van der Waals surface area (Å²) >= 11 is 0.